The highest BCUT2D eigenvalue weighted by Crippen LogP contribution is 2.35. The smallest absolute Gasteiger partial charge is 0.227 e. The maximum absolute atomic E-state index is 12.8. The van der Waals surface area contributed by atoms with Gasteiger partial charge in [-0.1, -0.05) is 18.2 Å². The average Bonchev–Trinajstić information content (AvgIpc) is 3.18. The second kappa shape index (κ2) is 7.28. The van der Waals surface area contributed by atoms with E-state index in [0.29, 0.717) is 6.54 Å². The zero-order valence-electron chi connectivity index (χ0n) is 15.5. The fraction of sp³-hybridized carbons (Fsp3) is 0.273. The third kappa shape index (κ3) is 3.24. The van der Waals surface area contributed by atoms with Gasteiger partial charge in [-0.2, -0.15) is 0 Å². The van der Waals surface area contributed by atoms with Crippen LogP contribution >= 0.6 is 11.3 Å². The molecule has 0 radical (unpaired) electrons. The van der Waals surface area contributed by atoms with Crippen molar-refractivity contribution in [1.82, 2.24) is 0 Å². The van der Waals surface area contributed by atoms with Crippen molar-refractivity contribution >= 4 is 50.7 Å². The van der Waals surface area contributed by atoms with Gasteiger partial charge in [0.15, 0.2) is 0 Å². The van der Waals surface area contributed by atoms with Crippen molar-refractivity contribution in [2.75, 3.05) is 28.6 Å². The Hall–Kier alpha value is -2.86. The van der Waals surface area contributed by atoms with E-state index in [2.05, 4.69) is 50.2 Å². The van der Waals surface area contributed by atoms with Crippen molar-refractivity contribution in [3.63, 3.8) is 0 Å². The standard InChI is InChI=1S/C22H22N4OS/c27-22(25-17-5-6-19-16(11-17)12-23-14-24-19)15-7-9-26(10-8-15)20-13-28-21-4-2-1-3-18(20)21/h1-6,11,13-15H,7-10,12H2,(H,23,24)(H,25,27). The summed E-state index contributed by atoms with van der Waals surface area (Å²) in [6, 6.07) is 14.5. The first kappa shape index (κ1) is 17.3. The van der Waals surface area contributed by atoms with Crippen molar-refractivity contribution in [3.05, 3.63) is 53.4 Å². The Kier molecular flexibility index (Phi) is 4.49. The predicted molar refractivity (Wildman–Crippen MR) is 118 cm³/mol. The number of carbonyl (C=O) groups is 1. The Morgan fingerprint density at radius 3 is 2.93 bits per heavy atom. The second-order valence-corrected chi connectivity index (χ2v) is 8.26. The minimum absolute atomic E-state index is 0.0633. The molecule has 0 saturated carbocycles. The van der Waals surface area contributed by atoms with Gasteiger partial charge in [0.1, 0.15) is 0 Å². The monoisotopic (exact) mass is 390 g/mol. The Morgan fingerprint density at radius 1 is 1.18 bits per heavy atom. The summed E-state index contributed by atoms with van der Waals surface area (Å²) in [7, 11) is 0. The van der Waals surface area contributed by atoms with Crippen LogP contribution in [-0.4, -0.2) is 25.3 Å². The van der Waals surface area contributed by atoms with Crippen LogP contribution in [-0.2, 0) is 11.3 Å². The zero-order valence-corrected chi connectivity index (χ0v) is 16.3. The van der Waals surface area contributed by atoms with E-state index in [9.17, 15) is 4.79 Å². The first-order valence-electron chi connectivity index (χ1n) is 9.68. The predicted octanol–water partition coefficient (Wildman–Crippen LogP) is 4.71. The van der Waals surface area contributed by atoms with Gasteiger partial charge in [0, 0.05) is 45.8 Å². The molecule has 1 amide bonds. The third-order valence-electron chi connectivity index (χ3n) is 5.61. The summed E-state index contributed by atoms with van der Waals surface area (Å²) in [6.45, 7) is 2.49. The van der Waals surface area contributed by atoms with Gasteiger partial charge < -0.3 is 15.5 Å². The van der Waals surface area contributed by atoms with Crippen LogP contribution in [0.2, 0.25) is 0 Å². The summed E-state index contributed by atoms with van der Waals surface area (Å²) in [6.07, 6.45) is 3.48. The number of thiophene rings is 1. The lowest BCUT2D eigenvalue weighted by Crippen LogP contribution is -2.38. The zero-order chi connectivity index (χ0) is 18.9. The molecule has 0 bridgehead atoms. The molecular weight excluding hydrogens is 368 g/mol. The van der Waals surface area contributed by atoms with E-state index in [1.807, 2.05) is 18.2 Å². The largest absolute Gasteiger partial charge is 0.370 e. The number of amides is 1. The number of anilines is 3. The number of nitrogens with zero attached hydrogens (tertiary/aromatic N) is 2. The Morgan fingerprint density at radius 2 is 2.04 bits per heavy atom. The number of hydrogen-bond donors (Lipinski definition) is 2. The van der Waals surface area contributed by atoms with Crippen LogP contribution in [0.4, 0.5) is 17.1 Å². The van der Waals surface area contributed by atoms with E-state index in [0.717, 1.165) is 42.9 Å². The molecule has 6 heteroatoms. The van der Waals surface area contributed by atoms with E-state index in [-0.39, 0.29) is 11.8 Å². The van der Waals surface area contributed by atoms with Crippen molar-refractivity contribution in [2.24, 2.45) is 10.9 Å². The van der Waals surface area contributed by atoms with Gasteiger partial charge >= 0.3 is 0 Å². The molecular formula is C22H22N4OS. The molecule has 142 valence electrons. The Labute approximate surface area is 168 Å². The highest BCUT2D eigenvalue weighted by molar-refractivity contribution is 7.17. The first-order valence-corrected chi connectivity index (χ1v) is 10.6. The summed E-state index contributed by atoms with van der Waals surface area (Å²) in [5, 5.41) is 9.80. The van der Waals surface area contributed by atoms with Gasteiger partial charge in [0.05, 0.1) is 18.6 Å². The number of aliphatic imine (C=N–C) groups is 1. The molecule has 0 unspecified atom stereocenters. The molecule has 28 heavy (non-hydrogen) atoms. The van der Waals surface area contributed by atoms with Crippen molar-refractivity contribution in [2.45, 2.75) is 19.4 Å². The normalized spacial score (nSPS) is 16.6. The van der Waals surface area contributed by atoms with Gasteiger partial charge in [-0.15, -0.1) is 11.3 Å². The summed E-state index contributed by atoms with van der Waals surface area (Å²) in [5.41, 5.74) is 4.33. The molecule has 3 aromatic rings. The number of benzene rings is 2. The summed E-state index contributed by atoms with van der Waals surface area (Å²) in [4.78, 5) is 19.4. The van der Waals surface area contributed by atoms with Crippen LogP contribution in [0.1, 0.15) is 18.4 Å². The molecule has 2 aliphatic heterocycles. The fourth-order valence-corrected chi connectivity index (χ4v) is 5.01. The van der Waals surface area contributed by atoms with E-state index >= 15 is 0 Å². The van der Waals surface area contributed by atoms with E-state index in [1.165, 1.54) is 15.8 Å². The lowest BCUT2D eigenvalue weighted by atomic mass is 9.95. The number of nitrogens with one attached hydrogen (secondary N) is 2. The van der Waals surface area contributed by atoms with Crippen LogP contribution in [0.3, 0.4) is 0 Å². The molecule has 1 saturated heterocycles. The first-order chi connectivity index (χ1) is 13.8. The van der Waals surface area contributed by atoms with Gasteiger partial charge in [-0.3, -0.25) is 9.79 Å². The molecule has 0 spiro atoms. The minimum Gasteiger partial charge on any atom is -0.370 e. The molecule has 3 heterocycles. The molecule has 1 fully saturated rings. The van der Waals surface area contributed by atoms with Gasteiger partial charge in [-0.05, 0) is 42.7 Å². The van der Waals surface area contributed by atoms with E-state index in [1.54, 1.807) is 17.7 Å². The molecule has 2 aliphatic rings. The van der Waals surface area contributed by atoms with Crippen LogP contribution in [0.15, 0.2) is 52.8 Å². The minimum atomic E-state index is 0.0633. The van der Waals surface area contributed by atoms with Gasteiger partial charge in [0.25, 0.3) is 0 Å². The maximum Gasteiger partial charge on any atom is 0.227 e. The summed E-state index contributed by atoms with van der Waals surface area (Å²) in [5.74, 6) is 0.190. The number of fused-ring (bicyclic) bond motifs is 2. The summed E-state index contributed by atoms with van der Waals surface area (Å²) >= 11 is 1.79. The molecule has 0 atom stereocenters. The molecule has 2 aromatic carbocycles. The number of rotatable bonds is 3. The molecule has 1 aromatic heterocycles. The lowest BCUT2D eigenvalue weighted by molar-refractivity contribution is -0.120. The van der Waals surface area contributed by atoms with Crippen LogP contribution in [0, 0.1) is 5.92 Å². The topological polar surface area (TPSA) is 56.7 Å². The van der Waals surface area contributed by atoms with E-state index < -0.39 is 0 Å². The van der Waals surface area contributed by atoms with Crippen LogP contribution < -0.4 is 15.5 Å². The molecule has 0 aliphatic carbocycles. The van der Waals surface area contributed by atoms with Gasteiger partial charge in [0.2, 0.25) is 5.91 Å². The Balaban J connectivity index is 1.23. The molecule has 2 N–H and O–H groups in total. The number of carbonyl (C=O) groups excluding carboxylic acids is 1. The van der Waals surface area contributed by atoms with Crippen molar-refractivity contribution < 1.29 is 4.79 Å². The highest BCUT2D eigenvalue weighted by Gasteiger charge is 2.26. The van der Waals surface area contributed by atoms with Crippen LogP contribution in [0.5, 0.6) is 0 Å². The Bertz CT molecular complexity index is 1050. The maximum atomic E-state index is 12.8. The highest BCUT2D eigenvalue weighted by atomic mass is 32.1. The third-order valence-corrected chi connectivity index (χ3v) is 6.56. The summed E-state index contributed by atoms with van der Waals surface area (Å²) < 4.78 is 1.32. The molecule has 5 rings (SSSR count). The van der Waals surface area contributed by atoms with Gasteiger partial charge in [-0.25, -0.2) is 0 Å². The SMILES string of the molecule is O=C(Nc1ccc2c(c1)CN=CN2)C1CCN(c2csc3ccccc23)CC1. The van der Waals surface area contributed by atoms with Crippen molar-refractivity contribution in [1.29, 1.82) is 0 Å². The van der Waals surface area contributed by atoms with E-state index in [4.69, 9.17) is 0 Å². The second-order valence-electron chi connectivity index (χ2n) is 7.35. The number of piperidine rings is 1. The fourth-order valence-electron chi connectivity index (χ4n) is 4.04. The molecule has 5 nitrogen and oxygen atoms in total. The van der Waals surface area contributed by atoms with Crippen molar-refractivity contribution in [3.8, 4) is 0 Å². The number of hydrogen-bond acceptors (Lipinski definition) is 5. The van der Waals surface area contributed by atoms with Crippen LogP contribution in [0.25, 0.3) is 10.1 Å². The average molecular weight is 391 g/mol. The lowest BCUT2D eigenvalue weighted by Gasteiger charge is -2.32. The quantitative estimate of drug-likeness (QED) is 0.681.